The number of halogens is 1. The summed E-state index contributed by atoms with van der Waals surface area (Å²) in [6.07, 6.45) is 2.16. The summed E-state index contributed by atoms with van der Waals surface area (Å²) >= 11 is 5.99. The van der Waals surface area contributed by atoms with Gasteiger partial charge in [-0.3, -0.25) is 0 Å². The van der Waals surface area contributed by atoms with E-state index in [1.54, 1.807) is 0 Å². The number of rotatable bonds is 6. The minimum absolute atomic E-state index is 0.0476. The van der Waals surface area contributed by atoms with Crippen molar-refractivity contribution < 1.29 is 4.79 Å². The van der Waals surface area contributed by atoms with Crippen molar-refractivity contribution in [1.82, 2.24) is 20.4 Å². The average molecular weight is 409 g/mol. The summed E-state index contributed by atoms with van der Waals surface area (Å²) < 4.78 is 1.92. The van der Waals surface area contributed by atoms with E-state index in [9.17, 15) is 4.79 Å². The van der Waals surface area contributed by atoms with Gasteiger partial charge in [0.25, 0.3) is 0 Å². The Kier molecular flexibility index (Phi) is 5.33. The van der Waals surface area contributed by atoms with Crippen LogP contribution in [0, 0.1) is 13.8 Å². The summed E-state index contributed by atoms with van der Waals surface area (Å²) in [5.74, 6) is 0. The second-order valence-corrected chi connectivity index (χ2v) is 8.16. The number of para-hydroxylation sites is 1. The molecule has 5 nitrogen and oxygen atoms in total. The van der Waals surface area contributed by atoms with E-state index in [2.05, 4.69) is 27.9 Å². The van der Waals surface area contributed by atoms with Gasteiger partial charge < -0.3 is 10.6 Å². The van der Waals surface area contributed by atoms with Crippen molar-refractivity contribution >= 4 is 17.6 Å². The number of carbonyl (C=O) groups excluding carboxylic acids is 1. The molecule has 1 aromatic heterocycles. The van der Waals surface area contributed by atoms with Crippen LogP contribution in [0.25, 0.3) is 5.69 Å². The normalized spacial score (nSPS) is 14.4. The molecule has 4 rings (SSSR count). The monoisotopic (exact) mass is 408 g/mol. The Balaban J connectivity index is 1.36. The van der Waals surface area contributed by atoms with Crippen molar-refractivity contribution in [2.24, 2.45) is 0 Å². The van der Waals surface area contributed by atoms with Crippen molar-refractivity contribution in [2.45, 2.75) is 38.6 Å². The maximum absolute atomic E-state index is 12.4. The molecule has 0 saturated heterocycles. The lowest BCUT2D eigenvalue weighted by Crippen LogP contribution is -2.39. The van der Waals surface area contributed by atoms with Crippen molar-refractivity contribution in [3.05, 3.63) is 82.1 Å². The molecule has 150 valence electrons. The molecule has 2 aromatic carbocycles. The summed E-state index contributed by atoms with van der Waals surface area (Å²) in [4.78, 5) is 12.4. The lowest BCUT2D eigenvalue weighted by Gasteiger charge is -2.17. The standard InChI is InChI=1S/C23H25ClN4O/c1-16-21(17(2)28(27-16)20-6-4-3-5-7-20)14-25-22(29)26-15-23(12-13-23)18-8-10-19(24)11-9-18/h3-11H,12-15H2,1-2H3,(H2,25,26,29). The molecular weight excluding hydrogens is 384 g/mol. The Morgan fingerprint density at radius 2 is 1.76 bits per heavy atom. The topological polar surface area (TPSA) is 59.0 Å². The molecule has 1 heterocycles. The molecule has 0 unspecified atom stereocenters. The van der Waals surface area contributed by atoms with Crippen molar-refractivity contribution in [2.75, 3.05) is 6.54 Å². The van der Waals surface area contributed by atoms with Crippen LogP contribution in [0.1, 0.15) is 35.4 Å². The molecule has 0 radical (unpaired) electrons. The summed E-state index contributed by atoms with van der Waals surface area (Å²) in [6.45, 7) is 5.08. The number of aromatic nitrogens is 2. The molecule has 1 saturated carbocycles. The van der Waals surface area contributed by atoms with Crippen molar-refractivity contribution in [3.8, 4) is 5.69 Å². The van der Waals surface area contributed by atoms with Gasteiger partial charge in [-0.15, -0.1) is 0 Å². The van der Waals surface area contributed by atoms with E-state index < -0.39 is 0 Å². The Bertz CT molecular complexity index is 1010. The number of amides is 2. The number of carbonyl (C=O) groups is 1. The molecule has 6 heteroatoms. The number of aryl methyl sites for hydroxylation is 1. The molecule has 29 heavy (non-hydrogen) atoms. The summed E-state index contributed by atoms with van der Waals surface area (Å²) in [5, 5.41) is 11.4. The Labute approximate surface area is 176 Å². The van der Waals surface area contributed by atoms with E-state index in [4.69, 9.17) is 11.6 Å². The first-order chi connectivity index (χ1) is 14.0. The van der Waals surface area contributed by atoms with Crippen LogP contribution in [0.2, 0.25) is 5.02 Å². The second-order valence-electron chi connectivity index (χ2n) is 7.72. The molecule has 0 bridgehead atoms. The third kappa shape index (κ3) is 4.15. The number of benzene rings is 2. The zero-order valence-electron chi connectivity index (χ0n) is 16.7. The molecule has 1 fully saturated rings. The Morgan fingerprint density at radius 1 is 1.07 bits per heavy atom. The zero-order chi connectivity index (χ0) is 20.4. The van der Waals surface area contributed by atoms with Crippen LogP contribution < -0.4 is 10.6 Å². The average Bonchev–Trinajstić information content (AvgIpc) is 3.47. The van der Waals surface area contributed by atoms with E-state index in [0.717, 1.165) is 40.5 Å². The Morgan fingerprint density at radius 3 is 2.41 bits per heavy atom. The molecule has 1 aliphatic rings. The molecule has 0 atom stereocenters. The van der Waals surface area contributed by atoms with Crippen LogP contribution in [-0.4, -0.2) is 22.4 Å². The second kappa shape index (κ2) is 7.91. The van der Waals surface area contributed by atoms with Crippen LogP contribution >= 0.6 is 11.6 Å². The predicted molar refractivity (Wildman–Crippen MR) is 116 cm³/mol. The molecule has 2 amide bonds. The first-order valence-electron chi connectivity index (χ1n) is 9.87. The van der Waals surface area contributed by atoms with E-state index in [-0.39, 0.29) is 11.4 Å². The number of nitrogens with one attached hydrogen (secondary N) is 2. The first kappa shape index (κ1) is 19.5. The molecule has 3 aromatic rings. The van der Waals surface area contributed by atoms with E-state index >= 15 is 0 Å². The fourth-order valence-corrected chi connectivity index (χ4v) is 3.88. The number of hydrogen-bond acceptors (Lipinski definition) is 2. The highest BCUT2D eigenvalue weighted by Gasteiger charge is 2.44. The maximum Gasteiger partial charge on any atom is 0.315 e. The van der Waals surface area contributed by atoms with Gasteiger partial charge in [-0.05, 0) is 56.5 Å². The smallest absolute Gasteiger partial charge is 0.315 e. The van der Waals surface area contributed by atoms with E-state index in [1.165, 1.54) is 5.56 Å². The van der Waals surface area contributed by atoms with Crippen LogP contribution in [0.3, 0.4) is 0 Å². The molecule has 2 N–H and O–H groups in total. The predicted octanol–water partition coefficient (Wildman–Crippen LogP) is 4.67. The van der Waals surface area contributed by atoms with Gasteiger partial charge in [0, 0.05) is 34.8 Å². The van der Waals surface area contributed by atoms with Crippen LogP contribution in [-0.2, 0) is 12.0 Å². The van der Waals surface area contributed by atoms with E-state index in [1.807, 2.05) is 61.0 Å². The molecular formula is C23H25ClN4O. The Hall–Kier alpha value is -2.79. The lowest BCUT2D eigenvalue weighted by atomic mass is 9.96. The third-order valence-corrected chi connectivity index (χ3v) is 6.02. The highest BCUT2D eigenvalue weighted by molar-refractivity contribution is 6.30. The summed E-state index contributed by atoms with van der Waals surface area (Å²) in [7, 11) is 0. The SMILES string of the molecule is Cc1nn(-c2ccccc2)c(C)c1CNC(=O)NCC1(c2ccc(Cl)cc2)CC1. The van der Waals surface area contributed by atoms with Gasteiger partial charge in [0.2, 0.25) is 0 Å². The number of urea groups is 1. The van der Waals surface area contributed by atoms with Gasteiger partial charge in [0.05, 0.1) is 11.4 Å². The zero-order valence-corrected chi connectivity index (χ0v) is 17.5. The summed E-state index contributed by atoms with van der Waals surface area (Å²) in [6, 6.07) is 17.8. The highest BCUT2D eigenvalue weighted by atomic mass is 35.5. The molecule has 0 spiro atoms. The van der Waals surface area contributed by atoms with Crippen LogP contribution in [0.15, 0.2) is 54.6 Å². The fourth-order valence-electron chi connectivity index (χ4n) is 3.75. The van der Waals surface area contributed by atoms with Gasteiger partial charge in [-0.25, -0.2) is 9.48 Å². The molecule has 0 aliphatic heterocycles. The fraction of sp³-hybridized carbons (Fsp3) is 0.304. The van der Waals surface area contributed by atoms with Gasteiger partial charge in [-0.1, -0.05) is 41.9 Å². The van der Waals surface area contributed by atoms with Crippen molar-refractivity contribution in [1.29, 1.82) is 0 Å². The quantitative estimate of drug-likeness (QED) is 0.622. The van der Waals surface area contributed by atoms with Gasteiger partial charge in [-0.2, -0.15) is 5.10 Å². The van der Waals surface area contributed by atoms with Gasteiger partial charge in [0.15, 0.2) is 0 Å². The number of hydrogen-bond donors (Lipinski definition) is 2. The lowest BCUT2D eigenvalue weighted by molar-refractivity contribution is 0.239. The minimum atomic E-state index is -0.156. The van der Waals surface area contributed by atoms with Crippen molar-refractivity contribution in [3.63, 3.8) is 0 Å². The maximum atomic E-state index is 12.4. The largest absolute Gasteiger partial charge is 0.337 e. The highest BCUT2D eigenvalue weighted by Crippen LogP contribution is 2.47. The number of nitrogens with zero attached hydrogens (tertiary/aromatic N) is 2. The first-order valence-corrected chi connectivity index (χ1v) is 10.2. The summed E-state index contributed by atoms with van der Waals surface area (Å²) in [5.41, 5.74) is 5.30. The minimum Gasteiger partial charge on any atom is -0.337 e. The van der Waals surface area contributed by atoms with E-state index in [0.29, 0.717) is 13.1 Å². The van der Waals surface area contributed by atoms with Crippen LogP contribution in [0.5, 0.6) is 0 Å². The third-order valence-electron chi connectivity index (χ3n) is 5.77. The molecule has 1 aliphatic carbocycles. The van der Waals surface area contributed by atoms with Crippen LogP contribution in [0.4, 0.5) is 4.79 Å². The van der Waals surface area contributed by atoms with Gasteiger partial charge in [0.1, 0.15) is 0 Å². The van der Waals surface area contributed by atoms with Gasteiger partial charge >= 0.3 is 6.03 Å².